The minimum atomic E-state index is 0.134. The fraction of sp³-hybridized carbons (Fsp3) is 0.222. The van der Waals surface area contributed by atoms with E-state index in [0.717, 1.165) is 42.0 Å². The summed E-state index contributed by atoms with van der Waals surface area (Å²) in [5, 5.41) is 4.68. The van der Waals surface area contributed by atoms with Gasteiger partial charge in [0.05, 0.1) is 0 Å². The van der Waals surface area contributed by atoms with E-state index < -0.39 is 0 Å². The predicted octanol–water partition coefficient (Wildman–Crippen LogP) is 5.76. The van der Waals surface area contributed by atoms with Crippen molar-refractivity contribution in [3.05, 3.63) is 96.2 Å². The number of anilines is 2. The summed E-state index contributed by atoms with van der Waals surface area (Å²) in [5.74, 6) is 0.134. The minimum Gasteiger partial charge on any atom is -0.356 e. The van der Waals surface area contributed by atoms with Crippen LogP contribution in [0.1, 0.15) is 22.3 Å². The van der Waals surface area contributed by atoms with Crippen LogP contribution < -0.4 is 5.32 Å². The third kappa shape index (κ3) is 5.41. The van der Waals surface area contributed by atoms with Crippen LogP contribution in [0.15, 0.2) is 85.1 Å². The molecule has 0 spiro atoms. The molecule has 4 heteroatoms. The first kappa shape index (κ1) is 20.9. The zero-order valence-corrected chi connectivity index (χ0v) is 18.2. The maximum Gasteiger partial charge on any atom is 0.167 e. The number of fused-ring (bicyclic) bond motifs is 1. The molecule has 1 heterocycles. The number of nitrogens with zero attached hydrogens (tertiary/aromatic N) is 2. The monoisotopic (exact) mass is 411 g/mol. The number of aryl methyl sites for hydroxylation is 1. The van der Waals surface area contributed by atoms with Gasteiger partial charge < -0.3 is 14.8 Å². The number of rotatable bonds is 9. The van der Waals surface area contributed by atoms with Crippen molar-refractivity contribution < 1.29 is 4.79 Å². The molecule has 0 radical (unpaired) electrons. The van der Waals surface area contributed by atoms with Crippen LogP contribution in [0.25, 0.3) is 10.9 Å². The topological polar surface area (TPSA) is 37.3 Å². The Labute approximate surface area is 184 Å². The van der Waals surface area contributed by atoms with Gasteiger partial charge >= 0.3 is 0 Å². The summed E-state index contributed by atoms with van der Waals surface area (Å²) >= 11 is 0. The summed E-state index contributed by atoms with van der Waals surface area (Å²) in [6.45, 7) is 2.11. The van der Waals surface area contributed by atoms with Gasteiger partial charge in [0.1, 0.15) is 0 Å². The van der Waals surface area contributed by atoms with E-state index in [0.29, 0.717) is 6.42 Å². The van der Waals surface area contributed by atoms with Crippen LogP contribution in [0.2, 0.25) is 0 Å². The highest BCUT2D eigenvalue weighted by Gasteiger charge is 2.08. The van der Waals surface area contributed by atoms with E-state index in [1.807, 2.05) is 54.6 Å². The molecule has 1 N–H and O–H groups in total. The fourth-order valence-corrected chi connectivity index (χ4v) is 3.82. The van der Waals surface area contributed by atoms with Gasteiger partial charge in [-0.05, 0) is 81.2 Å². The van der Waals surface area contributed by atoms with Gasteiger partial charge in [0.2, 0.25) is 0 Å². The van der Waals surface area contributed by atoms with E-state index in [-0.39, 0.29) is 5.78 Å². The fourth-order valence-electron chi connectivity index (χ4n) is 3.82. The van der Waals surface area contributed by atoms with Gasteiger partial charge in [-0.15, -0.1) is 0 Å². The molecular weight excluding hydrogens is 382 g/mol. The lowest BCUT2D eigenvalue weighted by Crippen LogP contribution is -2.14. The highest BCUT2D eigenvalue weighted by molar-refractivity contribution is 5.97. The molecule has 4 nitrogen and oxygen atoms in total. The molecule has 0 saturated carbocycles. The van der Waals surface area contributed by atoms with Crippen LogP contribution >= 0.6 is 0 Å². The van der Waals surface area contributed by atoms with Crippen molar-refractivity contribution in [3.8, 4) is 0 Å². The first-order valence-electron chi connectivity index (χ1n) is 10.8. The van der Waals surface area contributed by atoms with E-state index in [4.69, 9.17) is 0 Å². The highest BCUT2D eigenvalue weighted by atomic mass is 16.1. The average molecular weight is 412 g/mol. The third-order valence-corrected chi connectivity index (χ3v) is 5.48. The molecular formula is C27H29N3O. The Morgan fingerprint density at radius 3 is 2.39 bits per heavy atom. The molecule has 0 unspecified atom stereocenters. The maximum atomic E-state index is 12.5. The first-order valence-corrected chi connectivity index (χ1v) is 10.8. The normalized spacial score (nSPS) is 11.2. The van der Waals surface area contributed by atoms with Crippen LogP contribution in [0, 0.1) is 0 Å². The molecule has 0 aliphatic rings. The predicted molar refractivity (Wildman–Crippen MR) is 129 cm³/mol. The number of benzene rings is 3. The standard InChI is InChI=1S/C27H29N3O/c1-29(2)16-6-17-30-18-15-23-20-25(13-14-26(23)30)28-24-11-9-22(10-12-24)27(31)19-21-7-4-3-5-8-21/h3-5,7-15,18,20,28H,6,16-17,19H2,1-2H3. The number of carbonyl (C=O) groups is 1. The summed E-state index contributed by atoms with van der Waals surface area (Å²) in [7, 11) is 4.22. The Balaban J connectivity index is 1.40. The SMILES string of the molecule is CN(C)CCCn1ccc2cc(Nc3ccc(C(=O)Cc4ccccc4)cc3)ccc21. The molecule has 3 aromatic carbocycles. The number of aromatic nitrogens is 1. The Morgan fingerprint density at radius 1 is 0.903 bits per heavy atom. The molecule has 0 fully saturated rings. The molecule has 0 bridgehead atoms. The van der Waals surface area contributed by atoms with Gasteiger partial charge in [-0.2, -0.15) is 0 Å². The van der Waals surface area contributed by atoms with Crippen molar-refractivity contribution in [3.63, 3.8) is 0 Å². The summed E-state index contributed by atoms with van der Waals surface area (Å²) in [6, 6.07) is 26.2. The van der Waals surface area contributed by atoms with Crippen LogP contribution in [0.3, 0.4) is 0 Å². The van der Waals surface area contributed by atoms with Gasteiger partial charge in [0.15, 0.2) is 5.78 Å². The lowest BCUT2D eigenvalue weighted by Gasteiger charge is -2.11. The largest absolute Gasteiger partial charge is 0.356 e. The van der Waals surface area contributed by atoms with Crippen molar-refractivity contribution in [2.75, 3.05) is 26.0 Å². The lowest BCUT2D eigenvalue weighted by molar-refractivity contribution is 0.0993. The highest BCUT2D eigenvalue weighted by Crippen LogP contribution is 2.24. The molecule has 0 amide bonds. The molecule has 31 heavy (non-hydrogen) atoms. The Bertz CT molecular complexity index is 1140. The smallest absolute Gasteiger partial charge is 0.167 e. The van der Waals surface area contributed by atoms with Crippen molar-refractivity contribution >= 4 is 28.1 Å². The van der Waals surface area contributed by atoms with Gasteiger partial charge in [-0.25, -0.2) is 0 Å². The molecule has 0 atom stereocenters. The van der Waals surface area contributed by atoms with Gasteiger partial charge in [0.25, 0.3) is 0 Å². The Hall–Kier alpha value is -3.37. The van der Waals surface area contributed by atoms with Crippen molar-refractivity contribution in [2.45, 2.75) is 19.4 Å². The third-order valence-electron chi connectivity index (χ3n) is 5.48. The number of Topliss-reactive ketones (excluding diaryl/α,β-unsaturated/α-hetero) is 1. The summed E-state index contributed by atoms with van der Waals surface area (Å²) in [6.07, 6.45) is 3.72. The lowest BCUT2D eigenvalue weighted by atomic mass is 10.0. The van der Waals surface area contributed by atoms with Gasteiger partial charge in [-0.3, -0.25) is 4.79 Å². The second-order valence-corrected chi connectivity index (χ2v) is 8.23. The van der Waals surface area contributed by atoms with Crippen LogP contribution in [0.5, 0.6) is 0 Å². The minimum absolute atomic E-state index is 0.134. The van der Waals surface area contributed by atoms with Crippen LogP contribution in [0.4, 0.5) is 11.4 Å². The van der Waals surface area contributed by atoms with Gasteiger partial charge in [0, 0.05) is 47.0 Å². The quantitative estimate of drug-likeness (QED) is 0.356. The Morgan fingerprint density at radius 2 is 1.65 bits per heavy atom. The summed E-state index contributed by atoms with van der Waals surface area (Å²) < 4.78 is 2.32. The van der Waals surface area contributed by atoms with Crippen molar-refractivity contribution in [1.29, 1.82) is 0 Å². The Kier molecular flexibility index (Phi) is 6.48. The summed E-state index contributed by atoms with van der Waals surface area (Å²) in [4.78, 5) is 14.7. The number of ketones is 1. The van der Waals surface area contributed by atoms with Crippen molar-refractivity contribution in [2.24, 2.45) is 0 Å². The second kappa shape index (κ2) is 9.63. The second-order valence-electron chi connectivity index (χ2n) is 8.23. The molecule has 0 saturated heterocycles. The number of hydrogen-bond acceptors (Lipinski definition) is 3. The van der Waals surface area contributed by atoms with E-state index in [1.54, 1.807) is 0 Å². The first-order chi connectivity index (χ1) is 15.1. The summed E-state index contributed by atoms with van der Waals surface area (Å²) in [5.41, 5.74) is 5.05. The zero-order chi connectivity index (χ0) is 21.6. The van der Waals surface area contributed by atoms with Gasteiger partial charge in [-0.1, -0.05) is 30.3 Å². The van der Waals surface area contributed by atoms with Crippen LogP contribution in [-0.4, -0.2) is 35.9 Å². The zero-order valence-electron chi connectivity index (χ0n) is 18.2. The average Bonchev–Trinajstić information content (AvgIpc) is 3.17. The van der Waals surface area contributed by atoms with E-state index in [2.05, 4.69) is 59.3 Å². The van der Waals surface area contributed by atoms with E-state index in [1.165, 1.54) is 10.9 Å². The molecule has 4 aromatic rings. The van der Waals surface area contributed by atoms with Crippen molar-refractivity contribution in [1.82, 2.24) is 9.47 Å². The number of carbonyl (C=O) groups excluding carboxylic acids is 1. The molecule has 4 rings (SSSR count). The van der Waals surface area contributed by atoms with E-state index >= 15 is 0 Å². The molecule has 1 aromatic heterocycles. The molecule has 0 aliphatic heterocycles. The maximum absolute atomic E-state index is 12.5. The molecule has 0 aliphatic carbocycles. The van der Waals surface area contributed by atoms with E-state index in [9.17, 15) is 4.79 Å². The number of hydrogen-bond donors (Lipinski definition) is 1. The number of nitrogens with one attached hydrogen (secondary N) is 1. The molecule has 158 valence electrons. The van der Waals surface area contributed by atoms with Crippen LogP contribution in [-0.2, 0) is 13.0 Å².